The molecule has 0 atom stereocenters. The van der Waals surface area contributed by atoms with E-state index in [1.54, 1.807) is 6.07 Å². The minimum absolute atomic E-state index is 0.120. The summed E-state index contributed by atoms with van der Waals surface area (Å²) in [6, 6.07) is 11.8. The summed E-state index contributed by atoms with van der Waals surface area (Å²) in [5.41, 5.74) is 2.78. The second-order valence-corrected chi connectivity index (χ2v) is 6.50. The van der Waals surface area contributed by atoms with Crippen molar-refractivity contribution in [3.8, 4) is 0 Å². The second kappa shape index (κ2) is 9.45. The van der Waals surface area contributed by atoms with Gasteiger partial charge in [-0.05, 0) is 36.1 Å². The minimum atomic E-state index is -0.762. The van der Waals surface area contributed by atoms with Gasteiger partial charge in [-0.2, -0.15) is 0 Å². The van der Waals surface area contributed by atoms with E-state index in [0.717, 1.165) is 17.2 Å². The first-order valence-corrected chi connectivity index (χ1v) is 8.77. The normalized spacial score (nSPS) is 10.9. The molecule has 0 saturated heterocycles. The van der Waals surface area contributed by atoms with Crippen molar-refractivity contribution in [2.24, 2.45) is 0 Å². The van der Waals surface area contributed by atoms with Crippen LogP contribution in [0.5, 0.6) is 0 Å². The highest BCUT2D eigenvalue weighted by Crippen LogP contribution is 2.27. The molecule has 2 rings (SSSR count). The molecule has 0 saturated carbocycles. The van der Waals surface area contributed by atoms with Crippen molar-refractivity contribution in [2.45, 2.75) is 26.7 Å². The van der Waals surface area contributed by atoms with Gasteiger partial charge in [0.1, 0.15) is 0 Å². The Balaban J connectivity index is 1.97. The van der Waals surface area contributed by atoms with Crippen molar-refractivity contribution in [3.05, 3.63) is 75.3 Å². The molecule has 0 aliphatic carbocycles. The Morgan fingerprint density at radius 3 is 2.57 bits per heavy atom. The Hall–Kier alpha value is -3.48. The molecule has 0 heterocycles. The third kappa shape index (κ3) is 5.51. The van der Waals surface area contributed by atoms with Gasteiger partial charge < -0.3 is 10.1 Å². The summed E-state index contributed by atoms with van der Waals surface area (Å²) < 4.78 is 4.93. The minimum Gasteiger partial charge on any atom is -0.452 e. The SMILES string of the molecule is Cc1cccc(C(C)C)c1NC(=O)COC(=O)/C=C/c1ccccc1[N+](=O)[O-]. The molecule has 146 valence electrons. The molecule has 2 aromatic rings. The molecule has 0 aromatic heterocycles. The summed E-state index contributed by atoms with van der Waals surface area (Å²) in [5.74, 6) is -0.992. The number of hydrogen-bond donors (Lipinski definition) is 1. The van der Waals surface area contributed by atoms with Crippen molar-refractivity contribution in [2.75, 3.05) is 11.9 Å². The number of carbonyl (C=O) groups is 2. The van der Waals surface area contributed by atoms with E-state index in [0.29, 0.717) is 5.69 Å². The van der Waals surface area contributed by atoms with Crippen LogP contribution in [0.2, 0.25) is 0 Å². The number of aryl methyl sites for hydroxylation is 1. The van der Waals surface area contributed by atoms with Gasteiger partial charge in [-0.15, -0.1) is 0 Å². The quantitative estimate of drug-likeness (QED) is 0.334. The third-order valence-electron chi connectivity index (χ3n) is 4.07. The van der Waals surface area contributed by atoms with Gasteiger partial charge in [-0.25, -0.2) is 4.79 Å². The average molecular weight is 382 g/mol. The van der Waals surface area contributed by atoms with Crippen molar-refractivity contribution in [3.63, 3.8) is 0 Å². The molecule has 28 heavy (non-hydrogen) atoms. The van der Waals surface area contributed by atoms with E-state index in [-0.39, 0.29) is 17.2 Å². The Kier molecular flexibility index (Phi) is 7.03. The van der Waals surface area contributed by atoms with Gasteiger partial charge in [0.25, 0.3) is 11.6 Å². The summed E-state index contributed by atoms with van der Waals surface area (Å²) in [6.07, 6.45) is 2.35. The number of amides is 1. The van der Waals surface area contributed by atoms with Crippen molar-refractivity contribution >= 4 is 29.3 Å². The molecular weight excluding hydrogens is 360 g/mol. The highest BCUT2D eigenvalue weighted by molar-refractivity contribution is 5.96. The lowest BCUT2D eigenvalue weighted by molar-refractivity contribution is -0.385. The van der Waals surface area contributed by atoms with Crippen LogP contribution in [-0.2, 0) is 14.3 Å². The maximum atomic E-state index is 12.2. The number of anilines is 1. The summed E-state index contributed by atoms with van der Waals surface area (Å²) >= 11 is 0. The van der Waals surface area contributed by atoms with Crippen LogP contribution in [0.25, 0.3) is 6.08 Å². The summed E-state index contributed by atoms with van der Waals surface area (Å²) in [7, 11) is 0. The lowest BCUT2D eigenvalue weighted by Gasteiger charge is -2.16. The van der Waals surface area contributed by atoms with Crippen LogP contribution >= 0.6 is 0 Å². The zero-order valence-electron chi connectivity index (χ0n) is 16.0. The first-order valence-electron chi connectivity index (χ1n) is 8.77. The van der Waals surface area contributed by atoms with Crippen LogP contribution in [0.3, 0.4) is 0 Å². The summed E-state index contributed by atoms with van der Waals surface area (Å²) in [5, 5.41) is 13.7. The Labute approximate surface area is 163 Å². The number of nitrogens with zero attached hydrogens (tertiary/aromatic N) is 1. The number of esters is 1. The van der Waals surface area contributed by atoms with Crippen LogP contribution in [-0.4, -0.2) is 23.4 Å². The molecule has 0 bridgehead atoms. The molecule has 2 aromatic carbocycles. The van der Waals surface area contributed by atoms with Crippen LogP contribution in [0.15, 0.2) is 48.5 Å². The lowest BCUT2D eigenvalue weighted by Crippen LogP contribution is -2.21. The molecule has 0 aliphatic rings. The zero-order chi connectivity index (χ0) is 20.7. The van der Waals surface area contributed by atoms with Crippen LogP contribution in [0.4, 0.5) is 11.4 Å². The second-order valence-electron chi connectivity index (χ2n) is 6.50. The molecule has 7 heteroatoms. The fourth-order valence-corrected chi connectivity index (χ4v) is 2.66. The fraction of sp³-hybridized carbons (Fsp3) is 0.238. The number of nitro groups is 1. The van der Waals surface area contributed by atoms with Gasteiger partial charge >= 0.3 is 5.97 Å². The Morgan fingerprint density at radius 2 is 1.89 bits per heavy atom. The van der Waals surface area contributed by atoms with Crippen LogP contribution < -0.4 is 5.32 Å². The predicted molar refractivity (Wildman–Crippen MR) is 107 cm³/mol. The van der Waals surface area contributed by atoms with Crippen molar-refractivity contribution in [1.82, 2.24) is 0 Å². The maximum Gasteiger partial charge on any atom is 0.331 e. The van der Waals surface area contributed by atoms with E-state index in [1.165, 1.54) is 24.3 Å². The van der Waals surface area contributed by atoms with Crippen LogP contribution in [0.1, 0.15) is 36.5 Å². The Bertz CT molecular complexity index is 919. The number of nitrogens with one attached hydrogen (secondary N) is 1. The monoisotopic (exact) mass is 382 g/mol. The number of ether oxygens (including phenoxy) is 1. The summed E-state index contributed by atoms with van der Waals surface area (Å²) in [6.45, 7) is 5.49. The largest absolute Gasteiger partial charge is 0.452 e. The third-order valence-corrected chi connectivity index (χ3v) is 4.07. The van der Waals surface area contributed by atoms with Crippen LogP contribution in [0, 0.1) is 17.0 Å². The van der Waals surface area contributed by atoms with Crippen molar-refractivity contribution in [1.29, 1.82) is 0 Å². The standard InChI is InChI=1S/C21H22N2O5/c1-14(2)17-9-6-7-15(3)21(17)22-19(24)13-28-20(25)12-11-16-8-4-5-10-18(16)23(26)27/h4-12,14H,13H2,1-3H3,(H,22,24)/b12-11+. The summed E-state index contributed by atoms with van der Waals surface area (Å²) in [4.78, 5) is 34.4. The first-order chi connectivity index (χ1) is 13.3. The molecular formula is C21H22N2O5. The smallest absolute Gasteiger partial charge is 0.331 e. The predicted octanol–water partition coefficient (Wildman–Crippen LogP) is 4.22. The molecule has 0 radical (unpaired) electrons. The van der Waals surface area contributed by atoms with E-state index in [2.05, 4.69) is 5.32 Å². The molecule has 1 N–H and O–H groups in total. The van der Waals surface area contributed by atoms with E-state index >= 15 is 0 Å². The highest BCUT2D eigenvalue weighted by Gasteiger charge is 2.14. The lowest BCUT2D eigenvalue weighted by atomic mass is 9.98. The molecule has 0 unspecified atom stereocenters. The van der Waals surface area contributed by atoms with Gasteiger partial charge in [0, 0.05) is 17.8 Å². The van der Waals surface area contributed by atoms with Crippen molar-refractivity contribution < 1.29 is 19.2 Å². The van der Waals surface area contributed by atoms with E-state index in [1.807, 2.05) is 39.0 Å². The molecule has 0 spiro atoms. The first kappa shape index (κ1) is 20.8. The number of nitro benzene ring substituents is 1. The van der Waals surface area contributed by atoms with Gasteiger partial charge in [0.05, 0.1) is 10.5 Å². The molecule has 0 aliphatic heterocycles. The number of para-hydroxylation sites is 2. The number of hydrogen-bond acceptors (Lipinski definition) is 5. The van der Waals surface area contributed by atoms with Gasteiger partial charge in [-0.3, -0.25) is 14.9 Å². The fourth-order valence-electron chi connectivity index (χ4n) is 2.66. The number of carbonyl (C=O) groups excluding carboxylic acids is 2. The molecule has 1 amide bonds. The van der Waals surface area contributed by atoms with Gasteiger partial charge in [0.2, 0.25) is 0 Å². The van der Waals surface area contributed by atoms with Gasteiger partial charge in [-0.1, -0.05) is 44.2 Å². The Morgan fingerprint density at radius 1 is 1.18 bits per heavy atom. The number of benzene rings is 2. The molecule has 7 nitrogen and oxygen atoms in total. The zero-order valence-corrected chi connectivity index (χ0v) is 16.0. The maximum absolute atomic E-state index is 12.2. The topological polar surface area (TPSA) is 98.5 Å². The molecule has 0 fully saturated rings. The van der Waals surface area contributed by atoms with Gasteiger partial charge in [0.15, 0.2) is 6.61 Å². The highest BCUT2D eigenvalue weighted by atomic mass is 16.6. The van der Waals surface area contributed by atoms with E-state index in [9.17, 15) is 19.7 Å². The average Bonchev–Trinajstić information content (AvgIpc) is 2.66. The van der Waals surface area contributed by atoms with E-state index < -0.39 is 23.4 Å². The van der Waals surface area contributed by atoms with E-state index in [4.69, 9.17) is 4.74 Å². The number of rotatable bonds is 7.